The monoisotopic (exact) mass is 157 g/mol. The largest absolute Gasteiger partial charge is 0.385 e. The van der Waals surface area contributed by atoms with Gasteiger partial charge in [-0.05, 0) is 12.8 Å². The second-order valence-electron chi connectivity index (χ2n) is 2.51. The van der Waals surface area contributed by atoms with Crippen LogP contribution >= 0.6 is 0 Å². The van der Waals surface area contributed by atoms with Gasteiger partial charge in [0.15, 0.2) is 0 Å². The van der Waals surface area contributed by atoms with E-state index in [2.05, 4.69) is 14.1 Å². The molecule has 0 rings (SSSR count). The SMILES string of the molecule is C[B]CCCOCCCOC. The van der Waals surface area contributed by atoms with Crippen molar-refractivity contribution in [1.29, 1.82) is 0 Å². The molecule has 0 unspecified atom stereocenters. The highest BCUT2D eigenvalue weighted by atomic mass is 16.5. The lowest BCUT2D eigenvalue weighted by Crippen LogP contribution is -2.00. The van der Waals surface area contributed by atoms with E-state index in [9.17, 15) is 0 Å². The van der Waals surface area contributed by atoms with E-state index < -0.39 is 0 Å². The van der Waals surface area contributed by atoms with Gasteiger partial charge in [0, 0.05) is 26.9 Å². The molecule has 0 N–H and O–H groups in total. The van der Waals surface area contributed by atoms with E-state index in [0.717, 1.165) is 39.0 Å². The molecule has 0 saturated carbocycles. The number of ether oxygens (including phenoxy) is 2. The van der Waals surface area contributed by atoms with Crippen LogP contribution in [0.3, 0.4) is 0 Å². The van der Waals surface area contributed by atoms with E-state index in [4.69, 9.17) is 9.47 Å². The maximum absolute atomic E-state index is 5.34. The van der Waals surface area contributed by atoms with Gasteiger partial charge < -0.3 is 9.47 Å². The second-order valence-corrected chi connectivity index (χ2v) is 2.51. The fourth-order valence-electron chi connectivity index (χ4n) is 0.797. The van der Waals surface area contributed by atoms with Crippen molar-refractivity contribution in [1.82, 2.24) is 0 Å². The van der Waals surface area contributed by atoms with Crippen LogP contribution in [-0.2, 0) is 9.47 Å². The summed E-state index contributed by atoms with van der Waals surface area (Å²) in [5, 5.41) is 0. The molecule has 0 atom stereocenters. The zero-order valence-corrected chi connectivity index (χ0v) is 7.64. The summed E-state index contributed by atoms with van der Waals surface area (Å²) in [5.74, 6) is 0. The van der Waals surface area contributed by atoms with E-state index >= 15 is 0 Å². The molecule has 0 spiro atoms. The Morgan fingerprint density at radius 2 is 1.82 bits per heavy atom. The maximum atomic E-state index is 5.34. The molecule has 0 aliphatic heterocycles. The van der Waals surface area contributed by atoms with Crippen LogP contribution in [0.15, 0.2) is 0 Å². The summed E-state index contributed by atoms with van der Waals surface area (Å²) in [6.45, 7) is 4.59. The van der Waals surface area contributed by atoms with Crippen LogP contribution in [0.5, 0.6) is 0 Å². The molecule has 0 aliphatic carbocycles. The first kappa shape index (κ1) is 11.0. The highest BCUT2D eigenvalue weighted by Gasteiger charge is 1.88. The first-order valence-corrected chi connectivity index (χ1v) is 4.26. The molecule has 3 heteroatoms. The highest BCUT2D eigenvalue weighted by Crippen LogP contribution is 1.90. The smallest absolute Gasteiger partial charge is 0.105 e. The first-order chi connectivity index (χ1) is 5.41. The fourth-order valence-corrected chi connectivity index (χ4v) is 0.797. The Morgan fingerprint density at radius 1 is 1.09 bits per heavy atom. The van der Waals surface area contributed by atoms with Crippen molar-refractivity contribution in [3.63, 3.8) is 0 Å². The quantitative estimate of drug-likeness (QED) is 0.393. The molecule has 0 aromatic heterocycles. The van der Waals surface area contributed by atoms with Gasteiger partial charge in [-0.1, -0.05) is 13.1 Å². The zero-order valence-electron chi connectivity index (χ0n) is 7.64. The van der Waals surface area contributed by atoms with Crippen molar-refractivity contribution in [2.24, 2.45) is 0 Å². The van der Waals surface area contributed by atoms with Crippen LogP contribution in [-0.4, -0.2) is 34.2 Å². The minimum Gasteiger partial charge on any atom is -0.385 e. The molecular formula is C8H18BO2. The Bertz CT molecular complexity index is 61.1. The molecule has 2 nitrogen and oxygen atoms in total. The Labute approximate surface area is 70.5 Å². The van der Waals surface area contributed by atoms with Crippen molar-refractivity contribution in [2.45, 2.75) is 26.0 Å². The predicted octanol–water partition coefficient (Wildman–Crippen LogP) is 1.60. The molecule has 0 aromatic rings. The van der Waals surface area contributed by atoms with Gasteiger partial charge in [0.25, 0.3) is 0 Å². The van der Waals surface area contributed by atoms with Crippen molar-refractivity contribution in [2.75, 3.05) is 26.9 Å². The normalized spacial score (nSPS) is 10.0. The average molecular weight is 157 g/mol. The van der Waals surface area contributed by atoms with E-state index in [1.807, 2.05) is 0 Å². The molecule has 0 bridgehead atoms. The summed E-state index contributed by atoms with van der Waals surface area (Å²) in [6.07, 6.45) is 3.31. The highest BCUT2D eigenvalue weighted by molar-refractivity contribution is 6.33. The summed E-state index contributed by atoms with van der Waals surface area (Å²) in [7, 11) is 3.88. The minimum atomic E-state index is 0.805. The number of hydrogen-bond donors (Lipinski definition) is 0. The number of methoxy groups -OCH3 is 1. The van der Waals surface area contributed by atoms with Crippen LogP contribution in [0.1, 0.15) is 12.8 Å². The van der Waals surface area contributed by atoms with Gasteiger partial charge in [-0.25, -0.2) is 0 Å². The van der Waals surface area contributed by atoms with Gasteiger partial charge in [0.05, 0.1) is 0 Å². The second kappa shape index (κ2) is 9.98. The molecule has 65 valence electrons. The van der Waals surface area contributed by atoms with E-state index in [0.29, 0.717) is 0 Å². The van der Waals surface area contributed by atoms with Crippen LogP contribution in [0.2, 0.25) is 13.1 Å². The molecule has 0 amide bonds. The molecule has 1 radical (unpaired) electrons. The van der Waals surface area contributed by atoms with Gasteiger partial charge in [-0.2, -0.15) is 0 Å². The average Bonchev–Trinajstić information content (AvgIpc) is 2.03. The van der Waals surface area contributed by atoms with Gasteiger partial charge in [0.2, 0.25) is 0 Å². The summed E-state index contributed by atoms with van der Waals surface area (Å²) in [5.41, 5.74) is 0. The van der Waals surface area contributed by atoms with Gasteiger partial charge in [0.1, 0.15) is 7.28 Å². The van der Waals surface area contributed by atoms with Crippen molar-refractivity contribution < 1.29 is 9.47 Å². The Morgan fingerprint density at radius 3 is 2.45 bits per heavy atom. The third-order valence-corrected chi connectivity index (χ3v) is 1.42. The van der Waals surface area contributed by atoms with Crippen LogP contribution in [0.4, 0.5) is 0 Å². The molecule has 0 saturated heterocycles. The maximum Gasteiger partial charge on any atom is 0.105 e. The zero-order chi connectivity index (χ0) is 8.36. The van der Waals surface area contributed by atoms with Crippen molar-refractivity contribution in [3.8, 4) is 0 Å². The minimum absolute atomic E-state index is 0.805. The summed E-state index contributed by atoms with van der Waals surface area (Å²) in [6, 6.07) is 0. The van der Waals surface area contributed by atoms with Gasteiger partial charge in [-0.3, -0.25) is 0 Å². The van der Waals surface area contributed by atoms with E-state index in [-0.39, 0.29) is 0 Å². The molecule has 0 aromatic carbocycles. The summed E-state index contributed by atoms with van der Waals surface area (Å²) < 4.78 is 10.2. The van der Waals surface area contributed by atoms with Gasteiger partial charge in [-0.15, -0.1) is 0 Å². The van der Waals surface area contributed by atoms with E-state index in [1.54, 1.807) is 7.11 Å². The lowest BCUT2D eigenvalue weighted by Gasteiger charge is -2.01. The lowest BCUT2D eigenvalue weighted by atomic mass is 9.77. The summed E-state index contributed by atoms with van der Waals surface area (Å²) >= 11 is 0. The molecule has 0 fully saturated rings. The molecular weight excluding hydrogens is 139 g/mol. The van der Waals surface area contributed by atoms with Gasteiger partial charge >= 0.3 is 0 Å². The first-order valence-electron chi connectivity index (χ1n) is 4.26. The van der Waals surface area contributed by atoms with Crippen LogP contribution in [0.25, 0.3) is 0 Å². The fraction of sp³-hybridized carbons (Fsp3) is 1.00. The number of hydrogen-bond acceptors (Lipinski definition) is 2. The molecule has 11 heavy (non-hydrogen) atoms. The Hall–Kier alpha value is -0.0151. The molecule has 0 heterocycles. The Kier molecular flexibility index (Phi) is 9.97. The third-order valence-electron chi connectivity index (χ3n) is 1.42. The lowest BCUT2D eigenvalue weighted by molar-refractivity contribution is 0.103. The van der Waals surface area contributed by atoms with Crippen LogP contribution < -0.4 is 0 Å². The van der Waals surface area contributed by atoms with Crippen LogP contribution in [0, 0.1) is 0 Å². The molecule has 0 aliphatic rings. The Balaban J connectivity index is 2.69. The topological polar surface area (TPSA) is 18.5 Å². The standard InChI is InChI=1S/C8H18BO2/c1-9-5-3-7-11-8-4-6-10-2/h3-8H2,1-2H3. The van der Waals surface area contributed by atoms with E-state index in [1.165, 1.54) is 0 Å². The third kappa shape index (κ3) is 9.98. The van der Waals surface area contributed by atoms with Crippen molar-refractivity contribution >= 4 is 7.28 Å². The van der Waals surface area contributed by atoms with Crippen molar-refractivity contribution in [3.05, 3.63) is 0 Å². The predicted molar refractivity (Wildman–Crippen MR) is 48.4 cm³/mol. The summed E-state index contributed by atoms with van der Waals surface area (Å²) in [4.78, 5) is 0. The number of rotatable bonds is 8.